The number of aliphatic hydroxyl groups is 1. The molecule has 1 aliphatic rings. The normalized spacial score (nSPS) is 25.6. The maximum atomic E-state index is 11.8. The molecule has 3 heteroatoms. The van der Waals surface area contributed by atoms with E-state index in [9.17, 15) is 9.90 Å². The maximum absolute atomic E-state index is 11.8. The molecule has 1 saturated heterocycles. The molecule has 1 atom stereocenters. The van der Waals surface area contributed by atoms with E-state index in [4.69, 9.17) is 4.74 Å². The van der Waals surface area contributed by atoms with Gasteiger partial charge in [0.2, 0.25) is 0 Å². The summed E-state index contributed by atoms with van der Waals surface area (Å²) in [5.41, 5.74) is 0. The van der Waals surface area contributed by atoms with Crippen LogP contribution >= 0.6 is 0 Å². The van der Waals surface area contributed by atoms with Crippen molar-refractivity contribution in [1.82, 2.24) is 0 Å². The fourth-order valence-corrected chi connectivity index (χ4v) is 4.36. The van der Waals surface area contributed by atoms with Crippen LogP contribution in [0.2, 0.25) is 0 Å². The van der Waals surface area contributed by atoms with Gasteiger partial charge in [-0.15, -0.1) is 0 Å². The molecule has 0 amide bonds. The molecule has 3 nitrogen and oxygen atoms in total. The summed E-state index contributed by atoms with van der Waals surface area (Å²) in [5, 5.41) is 9.93. The highest BCUT2D eigenvalue weighted by Crippen LogP contribution is 2.16. The Kier molecular flexibility index (Phi) is 18.9. The first kappa shape index (κ1) is 26.5. The fraction of sp³-hybridized carbons (Fsp3) is 0.962. The van der Waals surface area contributed by atoms with Crippen LogP contribution in [-0.4, -0.2) is 23.8 Å². The lowest BCUT2D eigenvalue weighted by Crippen LogP contribution is -2.23. The topological polar surface area (TPSA) is 46.5 Å². The van der Waals surface area contributed by atoms with E-state index in [1.54, 1.807) is 0 Å². The second-order valence-electron chi connectivity index (χ2n) is 9.25. The van der Waals surface area contributed by atoms with Crippen molar-refractivity contribution in [3.05, 3.63) is 0 Å². The number of hydrogen-bond donors (Lipinski definition) is 1. The SMILES string of the molecule is O=C1OCCCCCCCCCCCCCCCCCCCCCCCCC1O. The highest BCUT2D eigenvalue weighted by atomic mass is 16.5. The van der Waals surface area contributed by atoms with E-state index in [2.05, 4.69) is 0 Å². The molecular weight excluding hydrogens is 360 g/mol. The van der Waals surface area contributed by atoms with Gasteiger partial charge >= 0.3 is 5.97 Å². The van der Waals surface area contributed by atoms with Gasteiger partial charge < -0.3 is 9.84 Å². The predicted octanol–water partition coefficient (Wildman–Crippen LogP) is 7.88. The Hall–Kier alpha value is -0.570. The van der Waals surface area contributed by atoms with Crippen LogP contribution in [-0.2, 0) is 9.53 Å². The number of cyclic esters (lactones) is 1. The molecule has 1 N–H and O–H groups in total. The summed E-state index contributed by atoms with van der Waals surface area (Å²) in [4.78, 5) is 11.8. The minimum Gasteiger partial charge on any atom is -0.464 e. The smallest absolute Gasteiger partial charge is 0.334 e. The lowest BCUT2D eigenvalue weighted by molar-refractivity contribution is -0.154. The molecule has 0 saturated carbocycles. The van der Waals surface area contributed by atoms with Crippen LogP contribution in [0.4, 0.5) is 0 Å². The van der Waals surface area contributed by atoms with E-state index >= 15 is 0 Å². The summed E-state index contributed by atoms with van der Waals surface area (Å²) in [6, 6.07) is 0. The average molecular weight is 411 g/mol. The van der Waals surface area contributed by atoms with Crippen molar-refractivity contribution in [3.63, 3.8) is 0 Å². The van der Waals surface area contributed by atoms with Crippen LogP contribution in [0.1, 0.15) is 148 Å². The van der Waals surface area contributed by atoms with E-state index in [1.807, 2.05) is 0 Å². The van der Waals surface area contributed by atoms with Gasteiger partial charge in [-0.05, 0) is 12.8 Å². The first-order valence-electron chi connectivity index (χ1n) is 13.2. The Morgan fingerprint density at radius 3 is 1.10 bits per heavy atom. The van der Waals surface area contributed by atoms with Crippen LogP contribution in [0, 0.1) is 0 Å². The predicted molar refractivity (Wildman–Crippen MR) is 123 cm³/mol. The Bertz CT molecular complexity index is 356. The zero-order valence-corrected chi connectivity index (χ0v) is 19.3. The van der Waals surface area contributed by atoms with E-state index in [1.165, 1.54) is 116 Å². The van der Waals surface area contributed by atoms with Crippen LogP contribution in [0.5, 0.6) is 0 Å². The Balaban J connectivity index is 2.14. The molecule has 1 aliphatic heterocycles. The van der Waals surface area contributed by atoms with Gasteiger partial charge in [0.1, 0.15) is 0 Å². The van der Waals surface area contributed by atoms with Crippen molar-refractivity contribution in [3.8, 4) is 0 Å². The minimum atomic E-state index is -0.919. The maximum Gasteiger partial charge on any atom is 0.334 e. The molecule has 1 rings (SSSR count). The average Bonchev–Trinajstić information content (AvgIpc) is 2.72. The third kappa shape index (κ3) is 18.0. The largest absolute Gasteiger partial charge is 0.464 e. The lowest BCUT2D eigenvalue weighted by Gasteiger charge is -2.10. The first-order valence-corrected chi connectivity index (χ1v) is 13.2. The second kappa shape index (κ2) is 20.7. The monoisotopic (exact) mass is 410 g/mol. The van der Waals surface area contributed by atoms with Crippen molar-refractivity contribution in [2.45, 2.75) is 154 Å². The lowest BCUT2D eigenvalue weighted by atomic mass is 10.0. The molecule has 0 spiro atoms. The fourth-order valence-electron chi connectivity index (χ4n) is 4.36. The quantitative estimate of drug-likeness (QED) is 0.413. The van der Waals surface area contributed by atoms with Crippen molar-refractivity contribution >= 4 is 5.97 Å². The van der Waals surface area contributed by atoms with Gasteiger partial charge in [0.25, 0.3) is 0 Å². The summed E-state index contributed by atoms with van der Waals surface area (Å²) in [6.07, 6.45) is 28.4. The molecular formula is C26H50O3. The number of ether oxygens (including phenoxy) is 1. The molecule has 0 aromatic heterocycles. The van der Waals surface area contributed by atoms with Crippen LogP contribution in [0.15, 0.2) is 0 Å². The molecule has 1 heterocycles. The van der Waals surface area contributed by atoms with E-state index < -0.39 is 12.1 Å². The van der Waals surface area contributed by atoms with Gasteiger partial charge in [-0.3, -0.25) is 0 Å². The minimum absolute atomic E-state index is 0.414. The number of aliphatic hydroxyl groups excluding tert-OH is 1. The Morgan fingerprint density at radius 1 is 0.483 bits per heavy atom. The number of carbonyl (C=O) groups is 1. The number of hydrogen-bond acceptors (Lipinski definition) is 3. The molecule has 1 fully saturated rings. The molecule has 1 unspecified atom stereocenters. The van der Waals surface area contributed by atoms with Crippen LogP contribution in [0.3, 0.4) is 0 Å². The molecule has 29 heavy (non-hydrogen) atoms. The zero-order chi connectivity index (χ0) is 20.8. The third-order valence-corrected chi connectivity index (χ3v) is 6.39. The molecule has 0 aromatic rings. The molecule has 0 aliphatic carbocycles. The van der Waals surface area contributed by atoms with Crippen molar-refractivity contribution < 1.29 is 14.6 Å². The summed E-state index contributed by atoms with van der Waals surface area (Å²) in [7, 11) is 0. The number of carbonyl (C=O) groups excluding carboxylic acids is 1. The van der Waals surface area contributed by atoms with Gasteiger partial charge in [0.15, 0.2) is 6.10 Å². The summed E-state index contributed by atoms with van der Waals surface area (Å²) < 4.78 is 5.24. The van der Waals surface area contributed by atoms with Gasteiger partial charge in [-0.1, -0.05) is 135 Å². The summed E-state index contributed by atoms with van der Waals surface area (Å²) in [5.74, 6) is -0.414. The zero-order valence-electron chi connectivity index (χ0n) is 19.3. The van der Waals surface area contributed by atoms with E-state index in [0.717, 1.165) is 25.7 Å². The Morgan fingerprint density at radius 2 is 0.759 bits per heavy atom. The van der Waals surface area contributed by atoms with E-state index in [-0.39, 0.29) is 0 Å². The van der Waals surface area contributed by atoms with Gasteiger partial charge in [0.05, 0.1) is 6.61 Å². The number of esters is 1. The Labute approximate surface area is 181 Å². The number of rotatable bonds is 0. The van der Waals surface area contributed by atoms with Gasteiger partial charge in [-0.2, -0.15) is 0 Å². The molecule has 172 valence electrons. The van der Waals surface area contributed by atoms with Crippen molar-refractivity contribution in [2.24, 2.45) is 0 Å². The first-order chi connectivity index (χ1) is 14.3. The second-order valence-corrected chi connectivity index (χ2v) is 9.25. The summed E-state index contributed by atoms with van der Waals surface area (Å²) >= 11 is 0. The molecule has 0 radical (unpaired) electrons. The standard InChI is InChI=1S/C26H50O3/c27-25-23-21-19-17-15-13-11-9-7-5-3-1-2-4-6-8-10-12-14-16-18-20-22-24-29-26(25)28/h25,27H,1-24H2. The molecule has 0 bridgehead atoms. The summed E-state index contributed by atoms with van der Waals surface area (Å²) in [6.45, 7) is 0.468. The van der Waals surface area contributed by atoms with Crippen LogP contribution in [0.25, 0.3) is 0 Å². The van der Waals surface area contributed by atoms with Crippen molar-refractivity contribution in [1.29, 1.82) is 0 Å². The highest BCUT2D eigenvalue weighted by molar-refractivity contribution is 5.74. The van der Waals surface area contributed by atoms with Gasteiger partial charge in [-0.25, -0.2) is 4.79 Å². The third-order valence-electron chi connectivity index (χ3n) is 6.39. The highest BCUT2D eigenvalue weighted by Gasteiger charge is 2.15. The van der Waals surface area contributed by atoms with Crippen LogP contribution < -0.4 is 0 Å². The van der Waals surface area contributed by atoms with E-state index in [0.29, 0.717) is 13.0 Å². The molecule has 0 aromatic carbocycles. The van der Waals surface area contributed by atoms with Crippen molar-refractivity contribution in [2.75, 3.05) is 6.61 Å². The van der Waals surface area contributed by atoms with Gasteiger partial charge in [0, 0.05) is 0 Å².